The van der Waals surface area contributed by atoms with E-state index in [1.165, 1.54) is 0 Å². The monoisotopic (exact) mass is 247 g/mol. The molecule has 0 saturated carbocycles. The maximum absolute atomic E-state index is 11.8. The summed E-state index contributed by atoms with van der Waals surface area (Å²) in [7, 11) is -2.93. The smallest absolute Gasteiger partial charge is 0.214 e. The van der Waals surface area contributed by atoms with E-state index in [4.69, 9.17) is 5.73 Å². The van der Waals surface area contributed by atoms with Gasteiger partial charge in [-0.25, -0.2) is 8.42 Å². The van der Waals surface area contributed by atoms with Gasteiger partial charge in [-0.3, -0.25) is 0 Å². The normalized spacial score (nSPS) is 28.6. The molecule has 0 aromatic heterocycles. The molecule has 2 fully saturated rings. The molecule has 94 valence electrons. The Morgan fingerprint density at radius 2 is 1.88 bits per heavy atom. The quantitative estimate of drug-likeness (QED) is 0.726. The molecule has 2 N–H and O–H groups in total. The van der Waals surface area contributed by atoms with Crippen molar-refractivity contribution in [2.75, 3.05) is 38.5 Å². The summed E-state index contributed by atoms with van der Waals surface area (Å²) in [4.78, 5) is 2.32. The fourth-order valence-electron chi connectivity index (χ4n) is 2.68. The van der Waals surface area contributed by atoms with E-state index in [0.717, 1.165) is 45.4 Å². The van der Waals surface area contributed by atoms with Gasteiger partial charge in [0, 0.05) is 25.7 Å². The number of nitrogens with zero attached hydrogens (tertiary/aromatic N) is 2. The third-order valence-electron chi connectivity index (χ3n) is 3.55. The first-order valence-electron chi connectivity index (χ1n) is 6.05. The molecule has 0 radical (unpaired) electrons. The molecule has 2 rings (SSSR count). The fourth-order valence-corrected chi connectivity index (χ4v) is 4.48. The van der Waals surface area contributed by atoms with Gasteiger partial charge in [-0.15, -0.1) is 0 Å². The van der Waals surface area contributed by atoms with E-state index in [0.29, 0.717) is 12.3 Å². The molecule has 0 atom stereocenters. The molecule has 0 unspecified atom stereocenters. The second-order valence-corrected chi connectivity index (χ2v) is 6.68. The van der Waals surface area contributed by atoms with E-state index >= 15 is 0 Å². The van der Waals surface area contributed by atoms with E-state index in [9.17, 15) is 8.42 Å². The Balaban J connectivity index is 1.89. The van der Waals surface area contributed by atoms with Gasteiger partial charge in [0.2, 0.25) is 10.0 Å². The number of likely N-dealkylation sites (tertiary alicyclic amines) is 1. The summed E-state index contributed by atoms with van der Waals surface area (Å²) in [5.74, 6) is 0.343. The lowest BCUT2D eigenvalue weighted by Gasteiger charge is -2.35. The van der Waals surface area contributed by atoms with Crippen LogP contribution >= 0.6 is 0 Å². The minimum atomic E-state index is -2.93. The van der Waals surface area contributed by atoms with Crippen LogP contribution in [0.2, 0.25) is 0 Å². The predicted molar refractivity (Wildman–Crippen MR) is 63.6 cm³/mol. The van der Waals surface area contributed by atoms with Gasteiger partial charge >= 0.3 is 0 Å². The van der Waals surface area contributed by atoms with Crippen molar-refractivity contribution in [3.8, 4) is 0 Å². The highest BCUT2D eigenvalue weighted by molar-refractivity contribution is 7.89. The Kier molecular flexibility index (Phi) is 3.84. The Labute approximate surface area is 97.6 Å². The van der Waals surface area contributed by atoms with Crippen molar-refractivity contribution in [1.29, 1.82) is 0 Å². The minimum Gasteiger partial charge on any atom is -0.329 e. The topological polar surface area (TPSA) is 66.6 Å². The summed E-state index contributed by atoms with van der Waals surface area (Å²) in [6.45, 7) is 4.30. The van der Waals surface area contributed by atoms with Crippen molar-refractivity contribution in [1.82, 2.24) is 9.21 Å². The Morgan fingerprint density at radius 1 is 1.19 bits per heavy atom. The van der Waals surface area contributed by atoms with Crippen molar-refractivity contribution in [3.05, 3.63) is 0 Å². The number of rotatable bonds is 3. The van der Waals surface area contributed by atoms with E-state index in [2.05, 4.69) is 4.90 Å². The largest absolute Gasteiger partial charge is 0.329 e. The lowest BCUT2D eigenvalue weighted by molar-refractivity contribution is 0.166. The van der Waals surface area contributed by atoms with Gasteiger partial charge in [-0.2, -0.15) is 4.31 Å². The molecule has 2 saturated heterocycles. The van der Waals surface area contributed by atoms with Gasteiger partial charge < -0.3 is 10.6 Å². The molecule has 0 aliphatic carbocycles. The van der Waals surface area contributed by atoms with Gasteiger partial charge in [0.05, 0.1) is 5.75 Å². The average molecular weight is 247 g/mol. The lowest BCUT2D eigenvalue weighted by atomic mass is 10.1. The van der Waals surface area contributed by atoms with Crippen molar-refractivity contribution in [2.45, 2.75) is 25.3 Å². The molecule has 2 heterocycles. The zero-order chi connectivity index (χ0) is 11.6. The van der Waals surface area contributed by atoms with Crippen LogP contribution < -0.4 is 5.73 Å². The van der Waals surface area contributed by atoms with Gasteiger partial charge in [0.15, 0.2) is 0 Å². The van der Waals surface area contributed by atoms with Crippen LogP contribution in [0.15, 0.2) is 0 Å². The van der Waals surface area contributed by atoms with Crippen LogP contribution in [-0.2, 0) is 10.0 Å². The molecule has 0 amide bonds. The van der Waals surface area contributed by atoms with Crippen LogP contribution in [0.4, 0.5) is 0 Å². The van der Waals surface area contributed by atoms with Crippen LogP contribution in [-0.4, -0.2) is 62.1 Å². The number of sulfonamides is 1. The van der Waals surface area contributed by atoms with Crippen LogP contribution in [0.3, 0.4) is 0 Å². The van der Waals surface area contributed by atoms with Crippen LogP contribution in [0.1, 0.15) is 19.3 Å². The van der Waals surface area contributed by atoms with E-state index in [-0.39, 0.29) is 6.04 Å². The summed E-state index contributed by atoms with van der Waals surface area (Å²) in [6, 6.07) is 0.238. The summed E-state index contributed by atoms with van der Waals surface area (Å²) in [5.41, 5.74) is 5.51. The SMILES string of the molecule is NCCN1CCC(N2CCCS2(=O)=O)CC1. The van der Waals surface area contributed by atoms with Gasteiger partial charge in [0.1, 0.15) is 0 Å². The molecule has 0 spiro atoms. The van der Waals surface area contributed by atoms with Crippen molar-refractivity contribution in [3.63, 3.8) is 0 Å². The average Bonchev–Trinajstić information content (AvgIpc) is 2.60. The molecule has 0 aromatic rings. The Hall–Kier alpha value is -0.170. The highest BCUT2D eigenvalue weighted by Gasteiger charge is 2.35. The molecular formula is C10H21N3O2S. The predicted octanol–water partition coefficient (Wildman–Crippen LogP) is -0.555. The van der Waals surface area contributed by atoms with E-state index < -0.39 is 10.0 Å². The Bertz CT molecular complexity index is 323. The maximum Gasteiger partial charge on any atom is 0.214 e. The molecular weight excluding hydrogens is 226 g/mol. The first-order chi connectivity index (χ1) is 7.63. The standard InChI is InChI=1S/C10H21N3O2S/c11-4-8-12-6-2-10(3-7-12)13-5-1-9-16(13,14)15/h10H,1-9,11H2. The second kappa shape index (κ2) is 5.00. The number of nitrogens with two attached hydrogens (primary N) is 1. The third-order valence-corrected chi connectivity index (χ3v) is 5.55. The summed E-state index contributed by atoms with van der Waals surface area (Å²) in [5, 5.41) is 0. The molecule has 0 bridgehead atoms. The Morgan fingerprint density at radius 3 is 2.38 bits per heavy atom. The van der Waals surface area contributed by atoms with Gasteiger partial charge in [0.25, 0.3) is 0 Å². The fraction of sp³-hybridized carbons (Fsp3) is 1.00. The summed E-state index contributed by atoms with van der Waals surface area (Å²) < 4.78 is 25.3. The van der Waals surface area contributed by atoms with Gasteiger partial charge in [-0.05, 0) is 32.4 Å². The van der Waals surface area contributed by atoms with Crippen molar-refractivity contribution >= 4 is 10.0 Å². The molecule has 5 nitrogen and oxygen atoms in total. The van der Waals surface area contributed by atoms with Crippen molar-refractivity contribution < 1.29 is 8.42 Å². The summed E-state index contributed by atoms with van der Waals surface area (Å²) >= 11 is 0. The number of piperidine rings is 1. The first-order valence-corrected chi connectivity index (χ1v) is 7.66. The molecule has 0 aromatic carbocycles. The van der Waals surface area contributed by atoms with E-state index in [1.54, 1.807) is 4.31 Å². The zero-order valence-electron chi connectivity index (χ0n) is 9.64. The summed E-state index contributed by atoms with van der Waals surface area (Å²) in [6.07, 6.45) is 2.71. The van der Waals surface area contributed by atoms with E-state index in [1.807, 2.05) is 0 Å². The van der Waals surface area contributed by atoms with Crippen LogP contribution in [0, 0.1) is 0 Å². The highest BCUT2D eigenvalue weighted by Crippen LogP contribution is 2.24. The number of hydrogen-bond acceptors (Lipinski definition) is 4. The molecule has 16 heavy (non-hydrogen) atoms. The first kappa shape index (κ1) is 12.3. The van der Waals surface area contributed by atoms with Crippen LogP contribution in [0.5, 0.6) is 0 Å². The molecule has 6 heteroatoms. The number of hydrogen-bond donors (Lipinski definition) is 1. The maximum atomic E-state index is 11.8. The third kappa shape index (κ3) is 2.56. The molecule has 2 aliphatic rings. The zero-order valence-corrected chi connectivity index (χ0v) is 10.5. The second-order valence-electron chi connectivity index (χ2n) is 4.64. The highest BCUT2D eigenvalue weighted by atomic mass is 32.2. The van der Waals surface area contributed by atoms with Gasteiger partial charge in [-0.1, -0.05) is 0 Å². The van der Waals surface area contributed by atoms with Crippen LogP contribution in [0.25, 0.3) is 0 Å². The van der Waals surface area contributed by atoms with Crippen molar-refractivity contribution in [2.24, 2.45) is 5.73 Å². The lowest BCUT2D eigenvalue weighted by Crippen LogP contribution is -2.46. The minimum absolute atomic E-state index is 0.238. The molecule has 2 aliphatic heterocycles.